The van der Waals surface area contributed by atoms with Gasteiger partial charge in [-0.3, -0.25) is 14.6 Å². The first-order valence-electron chi connectivity index (χ1n) is 11.3. The second kappa shape index (κ2) is 7.35. The van der Waals surface area contributed by atoms with E-state index < -0.39 is 0 Å². The highest BCUT2D eigenvalue weighted by molar-refractivity contribution is 7.19. The predicted octanol–water partition coefficient (Wildman–Crippen LogP) is 4.07. The second-order valence-electron chi connectivity index (χ2n) is 9.29. The van der Waals surface area contributed by atoms with E-state index in [1.807, 2.05) is 46.2 Å². The summed E-state index contributed by atoms with van der Waals surface area (Å²) in [6.07, 6.45) is 4.20. The molecule has 6 nitrogen and oxygen atoms in total. The first kappa shape index (κ1) is 19.3. The van der Waals surface area contributed by atoms with E-state index in [0.717, 1.165) is 79.4 Å². The van der Waals surface area contributed by atoms with Crippen LogP contribution in [0.3, 0.4) is 0 Å². The molecule has 0 N–H and O–H groups in total. The Morgan fingerprint density at radius 2 is 1.84 bits per heavy atom. The first-order chi connectivity index (χ1) is 15.1. The minimum Gasteiger partial charge on any atom is -0.439 e. The van der Waals surface area contributed by atoms with Crippen LogP contribution in [0.4, 0.5) is 9.80 Å². The number of rotatable bonds is 3. The molecule has 31 heavy (non-hydrogen) atoms. The quantitative estimate of drug-likeness (QED) is 0.726. The normalized spacial score (nSPS) is 29.7. The first-order valence-corrected chi connectivity index (χ1v) is 12.2. The highest BCUT2D eigenvalue weighted by atomic mass is 32.1. The zero-order valence-electron chi connectivity index (χ0n) is 17.6. The number of carbonyl (C=O) groups is 2. The number of fused-ring (bicyclic) bond motifs is 2. The van der Waals surface area contributed by atoms with E-state index in [1.165, 1.54) is 0 Å². The number of piperidine rings is 3. The molecule has 2 aromatic rings. The number of thiophene rings is 1. The smallest absolute Gasteiger partial charge is 0.415 e. The van der Waals surface area contributed by atoms with Crippen LogP contribution < -0.4 is 4.90 Å². The Bertz CT molecular complexity index is 1020. The van der Waals surface area contributed by atoms with Crippen LogP contribution in [0.15, 0.2) is 36.4 Å². The summed E-state index contributed by atoms with van der Waals surface area (Å²) in [5.74, 6) is 0.586. The van der Waals surface area contributed by atoms with Crippen LogP contribution in [-0.2, 0) is 4.74 Å². The number of nitrogens with zero attached hydrogens (tertiary/aromatic N) is 3. The van der Waals surface area contributed by atoms with Gasteiger partial charge in [-0.2, -0.15) is 0 Å². The molecule has 7 heteroatoms. The van der Waals surface area contributed by atoms with Crippen molar-refractivity contribution in [2.24, 2.45) is 5.92 Å². The van der Waals surface area contributed by atoms with Crippen LogP contribution in [0.2, 0.25) is 0 Å². The largest absolute Gasteiger partial charge is 0.439 e. The van der Waals surface area contributed by atoms with Crippen molar-refractivity contribution in [2.75, 3.05) is 44.2 Å². The summed E-state index contributed by atoms with van der Waals surface area (Å²) in [6.45, 7) is 5.45. The number of anilines is 1. The maximum atomic E-state index is 12.8. The number of carbonyl (C=O) groups excluding carboxylic acids is 2. The molecule has 5 aliphatic heterocycles. The molecular formula is C24H27N3O3S. The van der Waals surface area contributed by atoms with Gasteiger partial charge in [0.05, 0.1) is 6.54 Å². The lowest BCUT2D eigenvalue weighted by atomic mass is 9.75. The molecule has 1 unspecified atom stereocenters. The molecule has 5 fully saturated rings. The van der Waals surface area contributed by atoms with Crippen LogP contribution in [0.1, 0.15) is 36.0 Å². The SMILES string of the molecule is O=C(c1cccc(-c2ccc(N3CC4(CN5CCC4CC5)OC3=O)s2)c1)N1CCCC1. The van der Waals surface area contributed by atoms with E-state index >= 15 is 0 Å². The van der Waals surface area contributed by atoms with Gasteiger partial charge < -0.3 is 9.64 Å². The molecule has 1 aromatic carbocycles. The Morgan fingerprint density at radius 1 is 1.03 bits per heavy atom. The lowest BCUT2D eigenvalue weighted by Gasteiger charge is -2.49. The van der Waals surface area contributed by atoms with E-state index in [4.69, 9.17) is 4.74 Å². The number of hydrogen-bond acceptors (Lipinski definition) is 5. The number of ether oxygens (including phenoxy) is 1. The van der Waals surface area contributed by atoms with Crippen molar-refractivity contribution in [3.8, 4) is 10.4 Å². The van der Waals surface area contributed by atoms with Crippen LogP contribution in [-0.4, -0.2) is 66.7 Å². The summed E-state index contributed by atoms with van der Waals surface area (Å²) in [5, 5.41) is 0.921. The van der Waals surface area contributed by atoms with Gasteiger partial charge in [0, 0.05) is 36.0 Å². The third-order valence-electron chi connectivity index (χ3n) is 7.40. The average Bonchev–Trinajstić information content (AvgIpc) is 3.55. The Morgan fingerprint density at radius 3 is 2.58 bits per heavy atom. The Balaban J connectivity index is 1.23. The van der Waals surface area contributed by atoms with E-state index in [1.54, 1.807) is 11.3 Å². The molecule has 6 heterocycles. The minimum atomic E-state index is -0.347. The molecule has 0 saturated carbocycles. The third-order valence-corrected chi connectivity index (χ3v) is 8.56. The Kier molecular flexibility index (Phi) is 4.58. The molecule has 162 valence electrons. The van der Waals surface area contributed by atoms with E-state index in [2.05, 4.69) is 4.90 Å². The van der Waals surface area contributed by atoms with Gasteiger partial charge in [0.2, 0.25) is 0 Å². The molecule has 0 aliphatic carbocycles. The van der Waals surface area contributed by atoms with Crippen molar-refractivity contribution in [3.05, 3.63) is 42.0 Å². The van der Waals surface area contributed by atoms with Gasteiger partial charge >= 0.3 is 6.09 Å². The lowest BCUT2D eigenvalue weighted by Crippen LogP contribution is -2.61. The average molecular weight is 438 g/mol. The second-order valence-corrected chi connectivity index (χ2v) is 10.3. The van der Waals surface area contributed by atoms with Gasteiger partial charge in [-0.25, -0.2) is 4.79 Å². The van der Waals surface area contributed by atoms with Crippen LogP contribution in [0.25, 0.3) is 10.4 Å². The molecule has 5 saturated heterocycles. The summed E-state index contributed by atoms with van der Waals surface area (Å²) in [7, 11) is 0. The van der Waals surface area contributed by atoms with Crippen LogP contribution >= 0.6 is 11.3 Å². The van der Waals surface area contributed by atoms with Crippen LogP contribution in [0, 0.1) is 5.92 Å². The maximum Gasteiger partial charge on any atom is 0.415 e. The highest BCUT2D eigenvalue weighted by Gasteiger charge is 2.55. The Labute approximate surface area is 186 Å². The molecule has 1 atom stereocenters. The summed E-state index contributed by atoms with van der Waals surface area (Å²) < 4.78 is 6.02. The number of benzene rings is 1. The highest BCUT2D eigenvalue weighted by Crippen LogP contribution is 2.45. The molecule has 1 spiro atoms. The maximum absolute atomic E-state index is 12.8. The molecule has 7 rings (SSSR count). The predicted molar refractivity (Wildman–Crippen MR) is 121 cm³/mol. The van der Waals surface area contributed by atoms with Crippen molar-refractivity contribution in [1.29, 1.82) is 0 Å². The minimum absolute atomic E-state index is 0.114. The van der Waals surface area contributed by atoms with Gasteiger partial charge in [-0.05, 0) is 68.6 Å². The van der Waals surface area contributed by atoms with Crippen molar-refractivity contribution in [2.45, 2.75) is 31.3 Å². The molecule has 0 radical (unpaired) electrons. The van der Waals surface area contributed by atoms with E-state index in [9.17, 15) is 9.59 Å². The summed E-state index contributed by atoms with van der Waals surface area (Å²) in [6, 6.07) is 11.9. The summed E-state index contributed by atoms with van der Waals surface area (Å²) >= 11 is 1.59. The monoisotopic (exact) mass is 437 g/mol. The molecule has 5 aliphatic rings. The molecule has 2 amide bonds. The number of hydrogen-bond donors (Lipinski definition) is 0. The van der Waals surface area contributed by atoms with Crippen molar-refractivity contribution >= 4 is 28.3 Å². The van der Waals surface area contributed by atoms with Crippen LogP contribution in [0.5, 0.6) is 0 Å². The van der Waals surface area contributed by atoms with E-state index in [0.29, 0.717) is 12.5 Å². The molecule has 2 bridgehead atoms. The van der Waals surface area contributed by atoms with Gasteiger partial charge in [0.1, 0.15) is 10.6 Å². The summed E-state index contributed by atoms with van der Waals surface area (Å²) in [4.78, 5) is 32.8. The van der Waals surface area contributed by atoms with Crippen molar-refractivity contribution in [1.82, 2.24) is 9.80 Å². The lowest BCUT2D eigenvalue weighted by molar-refractivity contribution is -0.0881. The zero-order valence-corrected chi connectivity index (χ0v) is 18.4. The number of amides is 2. The number of likely N-dealkylation sites (tertiary alicyclic amines) is 1. The fraction of sp³-hybridized carbons (Fsp3) is 0.500. The Hall–Kier alpha value is -2.38. The topological polar surface area (TPSA) is 53.1 Å². The van der Waals surface area contributed by atoms with Gasteiger partial charge in [0.15, 0.2) is 0 Å². The third kappa shape index (κ3) is 3.26. The molecule has 1 aromatic heterocycles. The van der Waals surface area contributed by atoms with Gasteiger partial charge in [-0.15, -0.1) is 11.3 Å². The van der Waals surface area contributed by atoms with E-state index in [-0.39, 0.29) is 17.6 Å². The standard InChI is InChI=1S/C24H27N3O3S/c28-22(26-10-1-2-11-26)18-5-3-4-17(14-18)20-6-7-21(31-20)27-16-24(30-23(27)29)15-25-12-8-19(24)9-13-25/h3-7,14,19H,1-2,8-13,15-16H2. The zero-order chi connectivity index (χ0) is 21.0. The van der Waals surface area contributed by atoms with Crippen molar-refractivity contribution < 1.29 is 14.3 Å². The van der Waals surface area contributed by atoms with Crippen molar-refractivity contribution in [3.63, 3.8) is 0 Å². The molecular weight excluding hydrogens is 410 g/mol. The van der Waals surface area contributed by atoms with Gasteiger partial charge in [-0.1, -0.05) is 12.1 Å². The van der Waals surface area contributed by atoms with Gasteiger partial charge in [0.25, 0.3) is 5.91 Å². The summed E-state index contributed by atoms with van der Waals surface area (Å²) in [5.41, 5.74) is 1.41. The fourth-order valence-electron chi connectivity index (χ4n) is 5.72. The fourth-order valence-corrected chi connectivity index (χ4v) is 6.71.